The monoisotopic (exact) mass is 306 g/mol. The topological polar surface area (TPSA) is 59.4 Å². The fourth-order valence-electron chi connectivity index (χ4n) is 3.29. The molecule has 2 saturated heterocycles. The van der Waals surface area contributed by atoms with Crippen molar-refractivity contribution in [2.45, 2.75) is 25.8 Å². The molecule has 0 aliphatic carbocycles. The number of ether oxygens (including phenoxy) is 1. The second-order valence-corrected chi connectivity index (χ2v) is 6.55. The van der Waals surface area contributed by atoms with Gasteiger partial charge in [-0.1, -0.05) is 0 Å². The van der Waals surface area contributed by atoms with Gasteiger partial charge in [0.2, 0.25) is 5.91 Å². The third-order valence-electron chi connectivity index (χ3n) is 4.74. The zero-order valence-corrected chi connectivity index (χ0v) is 13.3. The summed E-state index contributed by atoms with van der Waals surface area (Å²) in [5, 5.41) is 7.33. The summed E-state index contributed by atoms with van der Waals surface area (Å²) in [7, 11) is 1.95. The molecule has 3 heterocycles. The van der Waals surface area contributed by atoms with Crippen molar-refractivity contribution in [3.63, 3.8) is 0 Å². The highest BCUT2D eigenvalue weighted by atomic mass is 16.5. The molecule has 0 saturated carbocycles. The Bertz CT molecular complexity index is 488. The zero-order valence-electron chi connectivity index (χ0n) is 13.3. The highest BCUT2D eigenvalue weighted by Gasteiger charge is 2.25. The molecule has 0 bridgehead atoms. The minimum absolute atomic E-state index is 0.0747. The summed E-state index contributed by atoms with van der Waals surface area (Å²) >= 11 is 0. The zero-order chi connectivity index (χ0) is 15.4. The number of nitrogens with one attached hydrogen (secondary N) is 1. The Morgan fingerprint density at radius 2 is 2.23 bits per heavy atom. The molecule has 2 aliphatic rings. The molecule has 2 aliphatic heterocycles. The van der Waals surface area contributed by atoms with Crippen LogP contribution in [0, 0.1) is 11.8 Å². The number of amides is 1. The maximum Gasteiger partial charge on any atom is 0.225 e. The fourth-order valence-corrected chi connectivity index (χ4v) is 3.29. The predicted molar refractivity (Wildman–Crippen MR) is 83.1 cm³/mol. The minimum atomic E-state index is 0.0747. The summed E-state index contributed by atoms with van der Waals surface area (Å²) in [6.07, 6.45) is 7.20. The van der Waals surface area contributed by atoms with Gasteiger partial charge in [0.05, 0.1) is 18.7 Å². The number of nitrogens with zero attached hydrogens (tertiary/aromatic N) is 3. The average Bonchev–Trinajstić information content (AvgIpc) is 3.18. The van der Waals surface area contributed by atoms with E-state index < -0.39 is 0 Å². The van der Waals surface area contributed by atoms with E-state index in [-0.39, 0.29) is 11.8 Å². The molecule has 1 N–H and O–H groups in total. The molecule has 22 heavy (non-hydrogen) atoms. The Morgan fingerprint density at radius 1 is 1.41 bits per heavy atom. The largest absolute Gasteiger partial charge is 0.381 e. The van der Waals surface area contributed by atoms with E-state index in [1.165, 1.54) is 5.56 Å². The number of aryl methyl sites for hydroxylation is 1. The second kappa shape index (κ2) is 7.24. The molecule has 1 atom stereocenters. The van der Waals surface area contributed by atoms with Gasteiger partial charge in [-0.25, -0.2) is 0 Å². The van der Waals surface area contributed by atoms with Gasteiger partial charge in [-0.05, 0) is 38.3 Å². The van der Waals surface area contributed by atoms with Gasteiger partial charge in [-0.15, -0.1) is 0 Å². The highest BCUT2D eigenvalue weighted by molar-refractivity contribution is 5.78. The van der Waals surface area contributed by atoms with Crippen LogP contribution in [0.2, 0.25) is 0 Å². The van der Waals surface area contributed by atoms with Gasteiger partial charge in [0, 0.05) is 38.5 Å². The normalized spacial score (nSPS) is 23.8. The van der Waals surface area contributed by atoms with E-state index >= 15 is 0 Å². The molecule has 0 spiro atoms. The lowest BCUT2D eigenvalue weighted by Crippen LogP contribution is -2.40. The molecule has 0 radical (unpaired) electrons. The smallest absolute Gasteiger partial charge is 0.225 e. The van der Waals surface area contributed by atoms with E-state index in [4.69, 9.17) is 4.74 Å². The van der Waals surface area contributed by atoms with Crippen molar-refractivity contribution in [1.29, 1.82) is 0 Å². The molecule has 122 valence electrons. The summed E-state index contributed by atoms with van der Waals surface area (Å²) in [4.78, 5) is 14.5. The standard InChI is InChI=1S/C16H26N4O2/c1-19-10-14(9-18-19)11-20-5-2-13(3-6-20)8-17-16(21)15-4-7-22-12-15/h9-10,13,15H,2-8,11-12H2,1H3,(H,17,21). The fraction of sp³-hybridized carbons (Fsp3) is 0.750. The first-order chi connectivity index (χ1) is 10.7. The van der Waals surface area contributed by atoms with Crippen LogP contribution in [-0.2, 0) is 23.1 Å². The van der Waals surface area contributed by atoms with Gasteiger partial charge in [0.25, 0.3) is 0 Å². The van der Waals surface area contributed by atoms with Gasteiger partial charge < -0.3 is 10.1 Å². The van der Waals surface area contributed by atoms with Crippen LogP contribution in [0.3, 0.4) is 0 Å². The van der Waals surface area contributed by atoms with E-state index in [0.29, 0.717) is 12.5 Å². The van der Waals surface area contributed by atoms with Crippen molar-refractivity contribution in [2.24, 2.45) is 18.9 Å². The first kappa shape index (κ1) is 15.5. The quantitative estimate of drug-likeness (QED) is 0.873. The van der Waals surface area contributed by atoms with Crippen LogP contribution in [0.4, 0.5) is 0 Å². The number of rotatable bonds is 5. The maximum atomic E-state index is 12.0. The number of carbonyl (C=O) groups excluding carboxylic acids is 1. The molecule has 0 aromatic carbocycles. The molecule has 6 nitrogen and oxygen atoms in total. The Balaban J connectivity index is 1.35. The Labute approximate surface area is 131 Å². The number of hydrogen-bond acceptors (Lipinski definition) is 4. The van der Waals surface area contributed by atoms with Gasteiger partial charge in [0.15, 0.2) is 0 Å². The molecule has 6 heteroatoms. The van der Waals surface area contributed by atoms with Crippen molar-refractivity contribution >= 4 is 5.91 Å². The highest BCUT2D eigenvalue weighted by Crippen LogP contribution is 2.19. The Kier molecular flexibility index (Phi) is 5.10. The second-order valence-electron chi connectivity index (χ2n) is 6.55. The maximum absolute atomic E-state index is 12.0. The van der Waals surface area contributed by atoms with Crippen LogP contribution in [0.15, 0.2) is 12.4 Å². The Morgan fingerprint density at radius 3 is 2.86 bits per heavy atom. The van der Waals surface area contributed by atoms with Crippen molar-refractivity contribution in [2.75, 3.05) is 32.8 Å². The van der Waals surface area contributed by atoms with E-state index in [0.717, 1.165) is 52.0 Å². The van der Waals surface area contributed by atoms with Crippen molar-refractivity contribution in [3.05, 3.63) is 18.0 Å². The van der Waals surface area contributed by atoms with E-state index in [1.807, 2.05) is 17.9 Å². The van der Waals surface area contributed by atoms with E-state index in [1.54, 1.807) is 0 Å². The molecule has 1 amide bonds. The molecule has 1 aromatic rings. The van der Waals surface area contributed by atoms with Crippen LogP contribution in [-0.4, -0.2) is 53.4 Å². The third-order valence-corrected chi connectivity index (χ3v) is 4.74. The third kappa shape index (κ3) is 4.08. The minimum Gasteiger partial charge on any atom is -0.381 e. The first-order valence-corrected chi connectivity index (χ1v) is 8.26. The summed E-state index contributed by atoms with van der Waals surface area (Å²) in [5.74, 6) is 0.859. The molecule has 1 aromatic heterocycles. The number of aromatic nitrogens is 2. The van der Waals surface area contributed by atoms with Gasteiger partial charge in [-0.3, -0.25) is 14.4 Å². The molecular formula is C16H26N4O2. The van der Waals surface area contributed by atoms with Crippen LogP contribution in [0.1, 0.15) is 24.8 Å². The van der Waals surface area contributed by atoms with Crippen LogP contribution < -0.4 is 5.32 Å². The van der Waals surface area contributed by atoms with Crippen LogP contribution in [0.25, 0.3) is 0 Å². The number of likely N-dealkylation sites (tertiary alicyclic amines) is 1. The SMILES string of the molecule is Cn1cc(CN2CCC(CNC(=O)C3CCOC3)CC2)cn1. The van der Waals surface area contributed by atoms with Crippen molar-refractivity contribution in [3.8, 4) is 0 Å². The lowest BCUT2D eigenvalue weighted by atomic mass is 9.96. The number of piperidine rings is 1. The summed E-state index contributed by atoms with van der Waals surface area (Å²) in [5.41, 5.74) is 1.27. The van der Waals surface area contributed by atoms with Gasteiger partial charge in [-0.2, -0.15) is 5.10 Å². The summed E-state index contributed by atoms with van der Waals surface area (Å²) in [6, 6.07) is 0. The molecule has 1 unspecified atom stereocenters. The van der Waals surface area contributed by atoms with Gasteiger partial charge >= 0.3 is 0 Å². The lowest BCUT2D eigenvalue weighted by Gasteiger charge is -2.31. The average molecular weight is 306 g/mol. The van der Waals surface area contributed by atoms with Crippen LogP contribution in [0.5, 0.6) is 0 Å². The first-order valence-electron chi connectivity index (χ1n) is 8.26. The van der Waals surface area contributed by atoms with Crippen molar-refractivity contribution < 1.29 is 9.53 Å². The van der Waals surface area contributed by atoms with E-state index in [2.05, 4.69) is 21.5 Å². The predicted octanol–water partition coefficient (Wildman–Crippen LogP) is 0.785. The summed E-state index contributed by atoms with van der Waals surface area (Å²) in [6.45, 7) is 5.31. The lowest BCUT2D eigenvalue weighted by molar-refractivity contribution is -0.125. The van der Waals surface area contributed by atoms with Crippen molar-refractivity contribution in [1.82, 2.24) is 20.0 Å². The van der Waals surface area contributed by atoms with Crippen LogP contribution >= 0.6 is 0 Å². The Hall–Kier alpha value is -1.40. The molecule has 2 fully saturated rings. The van der Waals surface area contributed by atoms with E-state index in [9.17, 15) is 4.79 Å². The molecular weight excluding hydrogens is 280 g/mol. The number of carbonyl (C=O) groups is 1. The van der Waals surface area contributed by atoms with Gasteiger partial charge in [0.1, 0.15) is 0 Å². The number of hydrogen-bond donors (Lipinski definition) is 1. The summed E-state index contributed by atoms with van der Waals surface area (Å²) < 4.78 is 7.12. The molecule has 3 rings (SSSR count).